The van der Waals surface area contributed by atoms with Gasteiger partial charge in [-0.05, 0) is 23.3 Å². The molecule has 0 aliphatic heterocycles. The Labute approximate surface area is 103 Å². The first-order valence-electron chi connectivity index (χ1n) is 5.20. The number of alkyl halides is 3. The molecule has 1 unspecified atom stereocenters. The number of rotatable bonds is 1. The van der Waals surface area contributed by atoms with Gasteiger partial charge >= 0.3 is 6.18 Å². The van der Waals surface area contributed by atoms with Gasteiger partial charge in [0.05, 0.1) is 13.2 Å². The van der Waals surface area contributed by atoms with Crippen molar-refractivity contribution >= 4 is 13.6 Å². The molecule has 0 aromatic heterocycles. The Balaban J connectivity index is 2.46. The van der Waals surface area contributed by atoms with Crippen LogP contribution in [0.3, 0.4) is 0 Å². The average Bonchev–Trinajstić information content (AvgIpc) is 2.57. The molecule has 0 N–H and O–H groups in total. The maximum Gasteiger partial charge on any atom is 0.393 e. The minimum atomic E-state index is -4.59. The van der Waals surface area contributed by atoms with Gasteiger partial charge in [0.2, 0.25) is 0 Å². The predicted molar refractivity (Wildman–Crippen MR) is 63.1 cm³/mol. The summed E-state index contributed by atoms with van der Waals surface area (Å²) in [6, 6.07) is 0. The van der Waals surface area contributed by atoms with Gasteiger partial charge in [0.25, 0.3) is 0 Å². The molecule has 0 heterocycles. The van der Waals surface area contributed by atoms with Crippen LogP contribution in [0.15, 0.2) is 59.8 Å². The third kappa shape index (κ3) is 2.25. The van der Waals surface area contributed by atoms with E-state index in [0.717, 1.165) is 12.2 Å². The van der Waals surface area contributed by atoms with E-state index in [1.165, 1.54) is 36.5 Å². The van der Waals surface area contributed by atoms with Crippen LogP contribution in [-0.2, 0) is 4.79 Å². The molecule has 0 amide bonds. The van der Waals surface area contributed by atoms with Crippen LogP contribution in [0.2, 0.25) is 5.31 Å². The Bertz CT molecular complexity index is 535. The number of allylic oxidation sites excluding steroid dienone is 10. The van der Waals surface area contributed by atoms with Crippen molar-refractivity contribution in [1.82, 2.24) is 0 Å². The van der Waals surface area contributed by atoms with E-state index < -0.39 is 11.5 Å². The number of hydrogen-bond acceptors (Lipinski definition) is 1. The van der Waals surface area contributed by atoms with Crippen molar-refractivity contribution in [3.8, 4) is 0 Å². The summed E-state index contributed by atoms with van der Waals surface area (Å²) in [5.74, 6) is -0.244. The van der Waals surface area contributed by atoms with Crippen molar-refractivity contribution in [3.05, 3.63) is 59.8 Å². The zero-order valence-electron chi connectivity index (χ0n) is 9.24. The minimum absolute atomic E-state index is 0.244. The summed E-state index contributed by atoms with van der Waals surface area (Å²) in [6.07, 6.45) is 5.47. The second-order valence-electron chi connectivity index (χ2n) is 4.08. The average molecular weight is 248 g/mol. The Morgan fingerprint density at radius 2 is 1.78 bits per heavy atom. The van der Waals surface area contributed by atoms with E-state index in [1.54, 1.807) is 0 Å². The summed E-state index contributed by atoms with van der Waals surface area (Å²) < 4.78 is 38.7. The SMILES string of the molecule is [B]C1(C(F)(F)F)C=CC=CC(C2=CC(=O)C=C2)=C1. The quantitative estimate of drug-likeness (QED) is 0.652. The summed E-state index contributed by atoms with van der Waals surface area (Å²) in [7, 11) is 5.36. The summed E-state index contributed by atoms with van der Waals surface area (Å²) in [5.41, 5.74) is 0.709. The summed E-state index contributed by atoms with van der Waals surface area (Å²) in [6.45, 7) is 0. The molecule has 2 rings (SSSR count). The van der Waals surface area contributed by atoms with Gasteiger partial charge in [0.15, 0.2) is 5.78 Å². The number of halogens is 3. The van der Waals surface area contributed by atoms with Crippen molar-refractivity contribution in [1.29, 1.82) is 0 Å². The third-order valence-electron chi connectivity index (χ3n) is 2.70. The molecule has 0 saturated carbocycles. The van der Waals surface area contributed by atoms with Crippen molar-refractivity contribution in [2.45, 2.75) is 11.5 Å². The van der Waals surface area contributed by atoms with Crippen molar-refractivity contribution in [3.63, 3.8) is 0 Å². The van der Waals surface area contributed by atoms with E-state index in [2.05, 4.69) is 0 Å². The lowest BCUT2D eigenvalue weighted by atomic mass is 9.67. The molecule has 90 valence electrons. The highest BCUT2D eigenvalue weighted by molar-refractivity contribution is 6.19. The van der Waals surface area contributed by atoms with Crippen LogP contribution in [-0.4, -0.2) is 19.8 Å². The number of hydrogen-bond donors (Lipinski definition) is 0. The van der Waals surface area contributed by atoms with E-state index in [4.69, 9.17) is 7.85 Å². The molecule has 0 fully saturated rings. The molecule has 0 aromatic rings. The van der Waals surface area contributed by atoms with Crippen LogP contribution >= 0.6 is 0 Å². The standard InChI is InChI=1S/C13H8BF3O/c14-12(13(15,16)17)6-2-1-3-10(8-12)9-4-5-11(18)7-9/h1-8H. The van der Waals surface area contributed by atoms with Gasteiger partial charge in [-0.2, -0.15) is 13.2 Å². The molecule has 1 atom stereocenters. The highest BCUT2D eigenvalue weighted by Crippen LogP contribution is 2.47. The molecular formula is C13H8BF3O. The monoisotopic (exact) mass is 248 g/mol. The second kappa shape index (κ2) is 4.16. The summed E-state index contributed by atoms with van der Waals surface area (Å²) in [4.78, 5) is 11.1. The number of carbonyl (C=O) groups is 1. The molecule has 0 spiro atoms. The number of carbonyl (C=O) groups excluding carboxylic acids is 1. The van der Waals surface area contributed by atoms with Crippen LogP contribution in [0.4, 0.5) is 13.2 Å². The molecular weight excluding hydrogens is 240 g/mol. The van der Waals surface area contributed by atoms with Crippen molar-refractivity contribution in [2.75, 3.05) is 0 Å². The van der Waals surface area contributed by atoms with Gasteiger partial charge in [0, 0.05) is 0 Å². The zero-order valence-corrected chi connectivity index (χ0v) is 9.24. The van der Waals surface area contributed by atoms with E-state index in [9.17, 15) is 18.0 Å². The van der Waals surface area contributed by atoms with E-state index in [-0.39, 0.29) is 11.4 Å². The Morgan fingerprint density at radius 1 is 1.06 bits per heavy atom. The van der Waals surface area contributed by atoms with Crippen LogP contribution in [0.1, 0.15) is 0 Å². The fraction of sp³-hybridized carbons (Fsp3) is 0.154. The second-order valence-corrected chi connectivity index (χ2v) is 4.08. The summed E-state index contributed by atoms with van der Waals surface area (Å²) >= 11 is 0. The van der Waals surface area contributed by atoms with Crippen LogP contribution in [0.25, 0.3) is 0 Å². The van der Waals surface area contributed by atoms with E-state index >= 15 is 0 Å². The normalized spacial score (nSPS) is 27.2. The summed E-state index contributed by atoms with van der Waals surface area (Å²) in [5, 5.41) is -2.52. The van der Waals surface area contributed by atoms with Crippen LogP contribution < -0.4 is 0 Å². The highest BCUT2D eigenvalue weighted by atomic mass is 19.4. The maximum atomic E-state index is 12.9. The lowest BCUT2D eigenvalue weighted by molar-refractivity contribution is -0.142. The molecule has 2 radical (unpaired) electrons. The van der Waals surface area contributed by atoms with Crippen LogP contribution in [0, 0.1) is 0 Å². The lowest BCUT2D eigenvalue weighted by Crippen LogP contribution is -2.28. The van der Waals surface area contributed by atoms with Crippen LogP contribution in [0.5, 0.6) is 0 Å². The first-order chi connectivity index (χ1) is 8.32. The minimum Gasteiger partial charge on any atom is -0.290 e. The van der Waals surface area contributed by atoms with Gasteiger partial charge < -0.3 is 0 Å². The fourth-order valence-corrected chi connectivity index (χ4v) is 1.68. The first kappa shape index (κ1) is 12.7. The molecule has 18 heavy (non-hydrogen) atoms. The largest absolute Gasteiger partial charge is 0.393 e. The molecule has 2 aliphatic rings. The van der Waals surface area contributed by atoms with Gasteiger partial charge in [-0.3, -0.25) is 4.79 Å². The van der Waals surface area contributed by atoms with E-state index in [1.807, 2.05) is 0 Å². The predicted octanol–water partition coefficient (Wildman–Crippen LogP) is 2.99. The molecule has 1 nitrogen and oxygen atoms in total. The maximum absolute atomic E-state index is 12.9. The van der Waals surface area contributed by atoms with Gasteiger partial charge in [-0.1, -0.05) is 36.5 Å². The molecule has 0 saturated heterocycles. The van der Waals surface area contributed by atoms with Gasteiger partial charge in [0.1, 0.15) is 0 Å². The topological polar surface area (TPSA) is 17.1 Å². The number of ketones is 1. The lowest BCUT2D eigenvalue weighted by Gasteiger charge is -2.26. The fourth-order valence-electron chi connectivity index (χ4n) is 1.68. The zero-order chi connectivity index (χ0) is 13.4. The Morgan fingerprint density at radius 3 is 2.33 bits per heavy atom. The Hall–Kier alpha value is -1.78. The smallest absolute Gasteiger partial charge is 0.290 e. The van der Waals surface area contributed by atoms with Crippen molar-refractivity contribution in [2.24, 2.45) is 0 Å². The molecule has 0 aromatic carbocycles. The Kier molecular flexibility index (Phi) is 2.93. The molecule has 5 heteroatoms. The highest BCUT2D eigenvalue weighted by Gasteiger charge is 2.47. The van der Waals surface area contributed by atoms with Crippen molar-refractivity contribution < 1.29 is 18.0 Å². The molecule has 0 bridgehead atoms. The molecule has 2 aliphatic carbocycles. The van der Waals surface area contributed by atoms with E-state index in [0.29, 0.717) is 5.57 Å². The third-order valence-corrected chi connectivity index (χ3v) is 2.70. The van der Waals surface area contributed by atoms with Gasteiger partial charge in [-0.25, -0.2) is 0 Å². The van der Waals surface area contributed by atoms with Gasteiger partial charge in [-0.15, -0.1) is 0 Å². The first-order valence-corrected chi connectivity index (χ1v) is 5.20.